The van der Waals surface area contributed by atoms with Crippen LogP contribution in [0.4, 0.5) is 6.01 Å². The molecule has 94 valence electrons. The standard InChI is InChI=1S/C12H14N4O2/c1-9-15-12(18-16-9)14-8-11(17)13-7-10-5-3-2-4-6-10/h2-6H,7-8H2,1H3,(H,13,17)(H,14,15,16). The maximum absolute atomic E-state index is 11.5. The average Bonchev–Trinajstić information content (AvgIpc) is 2.81. The van der Waals surface area contributed by atoms with Crippen molar-refractivity contribution >= 4 is 11.9 Å². The van der Waals surface area contributed by atoms with Crippen molar-refractivity contribution in [1.29, 1.82) is 0 Å². The summed E-state index contributed by atoms with van der Waals surface area (Å²) in [6.07, 6.45) is 0. The summed E-state index contributed by atoms with van der Waals surface area (Å²) in [7, 11) is 0. The molecule has 0 unspecified atom stereocenters. The summed E-state index contributed by atoms with van der Waals surface area (Å²) in [5, 5.41) is 9.14. The minimum atomic E-state index is -0.130. The van der Waals surface area contributed by atoms with Crippen molar-refractivity contribution in [2.24, 2.45) is 0 Å². The smallest absolute Gasteiger partial charge is 0.321 e. The average molecular weight is 246 g/mol. The van der Waals surface area contributed by atoms with Crippen LogP contribution in [0.25, 0.3) is 0 Å². The Morgan fingerprint density at radius 1 is 1.33 bits per heavy atom. The Bertz CT molecular complexity index is 510. The largest absolute Gasteiger partial charge is 0.350 e. The molecule has 0 bridgehead atoms. The van der Waals surface area contributed by atoms with Gasteiger partial charge in [0, 0.05) is 6.54 Å². The second kappa shape index (κ2) is 5.81. The fraction of sp³-hybridized carbons (Fsp3) is 0.250. The molecule has 1 aromatic heterocycles. The molecule has 18 heavy (non-hydrogen) atoms. The first-order chi connectivity index (χ1) is 8.74. The fourth-order valence-electron chi connectivity index (χ4n) is 1.38. The number of carbonyl (C=O) groups is 1. The Kier molecular flexibility index (Phi) is 3.90. The van der Waals surface area contributed by atoms with E-state index in [1.165, 1.54) is 0 Å². The van der Waals surface area contributed by atoms with Gasteiger partial charge in [0.15, 0.2) is 5.82 Å². The highest BCUT2D eigenvalue weighted by atomic mass is 16.5. The van der Waals surface area contributed by atoms with Crippen LogP contribution in [0.5, 0.6) is 0 Å². The van der Waals surface area contributed by atoms with Crippen LogP contribution in [0, 0.1) is 6.92 Å². The summed E-state index contributed by atoms with van der Waals surface area (Å²) in [6.45, 7) is 2.32. The van der Waals surface area contributed by atoms with E-state index in [1.54, 1.807) is 6.92 Å². The first-order valence-electron chi connectivity index (χ1n) is 5.59. The molecule has 6 heteroatoms. The third kappa shape index (κ3) is 3.58. The molecule has 2 N–H and O–H groups in total. The molecule has 0 aliphatic heterocycles. The van der Waals surface area contributed by atoms with E-state index in [1.807, 2.05) is 30.3 Å². The summed E-state index contributed by atoms with van der Waals surface area (Å²) in [4.78, 5) is 15.5. The van der Waals surface area contributed by atoms with Crippen molar-refractivity contribution in [3.05, 3.63) is 41.7 Å². The Hall–Kier alpha value is -2.37. The Morgan fingerprint density at radius 3 is 2.78 bits per heavy atom. The number of aromatic nitrogens is 2. The van der Waals surface area contributed by atoms with E-state index in [-0.39, 0.29) is 18.5 Å². The van der Waals surface area contributed by atoms with Crippen LogP contribution >= 0.6 is 0 Å². The predicted molar refractivity (Wildman–Crippen MR) is 65.8 cm³/mol. The maximum atomic E-state index is 11.5. The zero-order valence-electron chi connectivity index (χ0n) is 10.0. The van der Waals surface area contributed by atoms with Gasteiger partial charge in [0.1, 0.15) is 0 Å². The highest BCUT2D eigenvalue weighted by Crippen LogP contribution is 2.01. The van der Waals surface area contributed by atoms with E-state index in [0.717, 1.165) is 5.56 Å². The monoisotopic (exact) mass is 246 g/mol. The number of nitrogens with zero attached hydrogens (tertiary/aromatic N) is 2. The molecule has 0 radical (unpaired) electrons. The molecule has 0 saturated heterocycles. The molecule has 0 saturated carbocycles. The lowest BCUT2D eigenvalue weighted by Gasteiger charge is -2.04. The minimum Gasteiger partial charge on any atom is -0.350 e. The minimum absolute atomic E-state index is 0.106. The molecule has 0 fully saturated rings. The van der Waals surface area contributed by atoms with Crippen molar-refractivity contribution in [1.82, 2.24) is 15.5 Å². The van der Waals surface area contributed by atoms with E-state index in [0.29, 0.717) is 12.4 Å². The van der Waals surface area contributed by atoms with Crippen LogP contribution in [0.2, 0.25) is 0 Å². The first-order valence-corrected chi connectivity index (χ1v) is 5.59. The Labute approximate surface area is 104 Å². The van der Waals surface area contributed by atoms with Crippen molar-refractivity contribution in [2.75, 3.05) is 11.9 Å². The van der Waals surface area contributed by atoms with Gasteiger partial charge < -0.3 is 15.2 Å². The highest BCUT2D eigenvalue weighted by molar-refractivity contribution is 5.79. The molecule has 1 heterocycles. The summed E-state index contributed by atoms with van der Waals surface area (Å²) in [5.41, 5.74) is 1.06. The van der Waals surface area contributed by atoms with Crippen molar-refractivity contribution in [3.63, 3.8) is 0 Å². The van der Waals surface area contributed by atoms with Crippen LogP contribution < -0.4 is 10.6 Å². The Morgan fingerprint density at radius 2 is 2.11 bits per heavy atom. The number of carbonyl (C=O) groups excluding carboxylic acids is 1. The maximum Gasteiger partial charge on any atom is 0.321 e. The number of aryl methyl sites for hydroxylation is 1. The van der Waals surface area contributed by atoms with Gasteiger partial charge in [-0.15, -0.1) is 0 Å². The molecule has 0 aliphatic carbocycles. The van der Waals surface area contributed by atoms with E-state index in [2.05, 4.69) is 20.8 Å². The quantitative estimate of drug-likeness (QED) is 0.826. The van der Waals surface area contributed by atoms with E-state index in [9.17, 15) is 4.79 Å². The third-order valence-electron chi connectivity index (χ3n) is 2.26. The van der Waals surface area contributed by atoms with E-state index < -0.39 is 0 Å². The highest BCUT2D eigenvalue weighted by Gasteiger charge is 2.05. The summed E-state index contributed by atoms with van der Waals surface area (Å²) >= 11 is 0. The normalized spacial score (nSPS) is 10.1. The van der Waals surface area contributed by atoms with Gasteiger partial charge >= 0.3 is 6.01 Å². The molecular formula is C12H14N4O2. The SMILES string of the molecule is Cc1noc(NCC(=O)NCc2ccccc2)n1. The topological polar surface area (TPSA) is 80.0 Å². The van der Waals surface area contributed by atoms with Gasteiger partial charge in [0.25, 0.3) is 0 Å². The summed E-state index contributed by atoms with van der Waals surface area (Å²) < 4.78 is 4.83. The van der Waals surface area contributed by atoms with E-state index >= 15 is 0 Å². The lowest BCUT2D eigenvalue weighted by atomic mass is 10.2. The van der Waals surface area contributed by atoms with Gasteiger partial charge in [0.05, 0.1) is 6.54 Å². The number of rotatable bonds is 5. The second-order valence-corrected chi connectivity index (χ2v) is 3.76. The van der Waals surface area contributed by atoms with Gasteiger partial charge in [-0.25, -0.2) is 0 Å². The van der Waals surface area contributed by atoms with Gasteiger partial charge in [-0.05, 0) is 12.5 Å². The number of amides is 1. The second-order valence-electron chi connectivity index (χ2n) is 3.76. The molecule has 2 aromatic rings. The van der Waals surface area contributed by atoms with Crippen molar-refractivity contribution < 1.29 is 9.32 Å². The van der Waals surface area contributed by atoms with Gasteiger partial charge in [-0.2, -0.15) is 4.98 Å². The van der Waals surface area contributed by atoms with Gasteiger partial charge in [-0.3, -0.25) is 4.79 Å². The van der Waals surface area contributed by atoms with Gasteiger partial charge in [-0.1, -0.05) is 35.5 Å². The molecule has 1 amide bonds. The molecule has 6 nitrogen and oxygen atoms in total. The lowest BCUT2D eigenvalue weighted by Crippen LogP contribution is -2.29. The first kappa shape index (κ1) is 12.1. The number of nitrogens with one attached hydrogen (secondary N) is 2. The van der Waals surface area contributed by atoms with Crippen LogP contribution in [0.1, 0.15) is 11.4 Å². The van der Waals surface area contributed by atoms with Crippen molar-refractivity contribution in [2.45, 2.75) is 13.5 Å². The van der Waals surface area contributed by atoms with Crippen LogP contribution in [-0.2, 0) is 11.3 Å². The van der Waals surface area contributed by atoms with Gasteiger partial charge in [0.2, 0.25) is 5.91 Å². The van der Waals surface area contributed by atoms with Crippen LogP contribution in [0.15, 0.2) is 34.9 Å². The zero-order valence-corrected chi connectivity index (χ0v) is 10.0. The van der Waals surface area contributed by atoms with Crippen molar-refractivity contribution in [3.8, 4) is 0 Å². The fourth-order valence-corrected chi connectivity index (χ4v) is 1.38. The number of hydrogen-bond acceptors (Lipinski definition) is 5. The molecule has 0 atom stereocenters. The number of benzene rings is 1. The Balaban J connectivity index is 1.73. The summed E-state index contributed by atoms with van der Waals surface area (Å²) in [6, 6.07) is 9.96. The lowest BCUT2D eigenvalue weighted by molar-refractivity contribution is -0.119. The summed E-state index contributed by atoms with van der Waals surface area (Å²) in [5.74, 6) is 0.400. The van der Waals surface area contributed by atoms with Crippen LogP contribution in [-0.4, -0.2) is 22.6 Å². The number of anilines is 1. The predicted octanol–water partition coefficient (Wildman–Crippen LogP) is 1.11. The third-order valence-corrected chi connectivity index (χ3v) is 2.26. The number of hydrogen-bond donors (Lipinski definition) is 2. The molecule has 1 aromatic carbocycles. The molecule has 0 aliphatic rings. The molecular weight excluding hydrogens is 232 g/mol. The molecule has 0 spiro atoms. The zero-order chi connectivity index (χ0) is 12.8. The molecule has 2 rings (SSSR count). The van der Waals surface area contributed by atoms with E-state index in [4.69, 9.17) is 4.52 Å². The van der Waals surface area contributed by atoms with Crippen LogP contribution in [0.3, 0.4) is 0 Å².